The maximum Gasteiger partial charge on any atom is 0.293 e. The smallest absolute Gasteiger partial charge is 0.293 e. The van der Waals surface area contributed by atoms with E-state index in [2.05, 4.69) is 19.0 Å². The molecule has 0 radical (unpaired) electrons. The van der Waals surface area contributed by atoms with Crippen LogP contribution in [-0.4, -0.2) is 6.54 Å². The van der Waals surface area contributed by atoms with Gasteiger partial charge in [0.25, 0.3) is 1.43 Å². The minimum Gasteiger partial charge on any atom is -0.508 e. The highest BCUT2D eigenvalue weighted by atomic mass is 16.3. The molecule has 1 heteroatoms. The molecule has 1 aromatic carbocycles. The summed E-state index contributed by atoms with van der Waals surface area (Å²) in [4.78, 5) is 0. The molecule has 0 bridgehead atoms. The molecule has 0 atom stereocenters. The second kappa shape index (κ2) is 3.42. The molecule has 11 heavy (non-hydrogen) atoms. The number of hydrogen-bond donors (Lipinski definition) is 1. The number of benzene rings is 1. The molecule has 0 unspecified atom stereocenters. The molecule has 1 nitrogen and oxygen atoms in total. The van der Waals surface area contributed by atoms with Crippen LogP contribution in [0.2, 0.25) is 0 Å². The van der Waals surface area contributed by atoms with Crippen molar-refractivity contribution in [2.24, 2.45) is 5.92 Å². The Labute approximate surface area is 69.2 Å². The second-order valence-electron chi connectivity index (χ2n) is 3.24. The quantitative estimate of drug-likeness (QED) is 0.705. The van der Waals surface area contributed by atoms with Crippen molar-refractivity contribution >= 4 is 0 Å². The Kier molecular flexibility index (Phi) is 2.09. The molecular formula is C10H14O. The van der Waals surface area contributed by atoms with E-state index in [0.29, 0.717) is 11.7 Å². The average molecular weight is 152 g/mol. The van der Waals surface area contributed by atoms with E-state index in [-0.39, 0.29) is 0 Å². The largest absolute Gasteiger partial charge is 0.508 e. The summed E-state index contributed by atoms with van der Waals surface area (Å²) in [6, 6.07) is 7.66. The van der Waals surface area contributed by atoms with Gasteiger partial charge in [-0.05, 0) is 30.0 Å². The van der Waals surface area contributed by atoms with Crippen molar-refractivity contribution in [1.29, 1.82) is 1.43 Å². The molecule has 60 valence electrons. The fourth-order valence-corrected chi connectivity index (χ4v) is 1.10. The number of rotatable bonds is 3. The maximum atomic E-state index is 6.66. The van der Waals surface area contributed by atoms with E-state index in [1.54, 1.807) is 0 Å². The van der Waals surface area contributed by atoms with Crippen LogP contribution in [0.3, 0.4) is 0 Å². The lowest BCUT2D eigenvalue weighted by molar-refractivity contribution is 0.475. The summed E-state index contributed by atoms with van der Waals surface area (Å²) in [5.41, 5.74) is 1.30. The van der Waals surface area contributed by atoms with Crippen LogP contribution in [0.15, 0.2) is 24.3 Å². The van der Waals surface area contributed by atoms with Crippen molar-refractivity contribution in [3.8, 4) is 5.75 Å². The van der Waals surface area contributed by atoms with Gasteiger partial charge in [0.1, 0.15) is 5.75 Å². The molecule has 1 rings (SSSR count). The predicted molar refractivity (Wildman–Crippen MR) is 46.6 cm³/mol. The van der Waals surface area contributed by atoms with Crippen molar-refractivity contribution in [2.75, 3.05) is 0 Å². The fraction of sp³-hybridized carbons (Fsp3) is 0.400. The summed E-state index contributed by atoms with van der Waals surface area (Å²) in [6.45, 7) is 4.38. The van der Waals surface area contributed by atoms with Crippen molar-refractivity contribution in [2.45, 2.75) is 20.3 Å². The maximum absolute atomic E-state index is 6.66. The van der Waals surface area contributed by atoms with Gasteiger partial charge in [-0.25, -0.2) is 0 Å². The minimum absolute atomic E-state index is 0.600. The number of hydrogen-bond acceptors (Lipinski definition) is 1. The summed E-state index contributed by atoms with van der Waals surface area (Å²) in [5, 5.41) is 4.32. The van der Waals surface area contributed by atoms with Crippen LogP contribution in [-0.2, 0) is 6.42 Å². The Morgan fingerprint density at radius 1 is 1.36 bits per heavy atom. The zero-order valence-corrected chi connectivity index (χ0v) is 7.00. The molecule has 0 aliphatic heterocycles. The lowest BCUT2D eigenvalue weighted by atomic mass is 10.0. The Hall–Kier alpha value is -0.980. The first-order chi connectivity index (χ1) is 5.72. The molecule has 0 aromatic heterocycles. The summed E-state index contributed by atoms with van der Waals surface area (Å²) in [5.74, 6) is 1.27. The Morgan fingerprint density at radius 2 is 2.00 bits per heavy atom. The molecule has 0 saturated carbocycles. The first-order valence-electron chi connectivity index (χ1n) is 4.35. The van der Waals surface area contributed by atoms with Gasteiger partial charge in [0, 0.05) is 0 Å². The highest BCUT2D eigenvalue weighted by Gasteiger charge is 1.96. The third kappa shape index (κ3) is 2.62. The van der Waals surface area contributed by atoms with Crippen molar-refractivity contribution in [1.82, 2.24) is 0 Å². The molecule has 1 aromatic rings. The van der Waals surface area contributed by atoms with Crippen LogP contribution in [0.1, 0.15) is 19.4 Å². The van der Waals surface area contributed by atoms with Gasteiger partial charge >= 0.3 is 0 Å². The van der Waals surface area contributed by atoms with Gasteiger partial charge in [-0.15, -0.1) is 0 Å². The molecule has 0 aliphatic rings. The first kappa shape index (κ1) is 6.71. The Balaban J connectivity index is 2.65. The van der Waals surface area contributed by atoms with Gasteiger partial charge in [-0.2, -0.15) is 0 Å². The molecule has 0 aliphatic carbocycles. The summed E-state index contributed by atoms with van der Waals surface area (Å²) >= 11 is 0. The molecule has 1 N–H and O–H groups in total. The van der Waals surface area contributed by atoms with Crippen molar-refractivity contribution in [3.63, 3.8) is 0 Å². The van der Waals surface area contributed by atoms with Gasteiger partial charge in [-0.3, -0.25) is 0 Å². The predicted octanol–water partition coefficient (Wildman–Crippen LogP) is 2.59. The normalized spacial score (nSPS) is 11.4. The van der Waals surface area contributed by atoms with Crippen LogP contribution in [0.5, 0.6) is 5.75 Å². The van der Waals surface area contributed by atoms with E-state index >= 15 is 0 Å². The highest BCUT2D eigenvalue weighted by Crippen LogP contribution is 2.12. The highest BCUT2D eigenvalue weighted by molar-refractivity contribution is 5.25. The van der Waals surface area contributed by atoms with Gasteiger partial charge in [0.15, 0.2) is 0 Å². The standard InChI is InChI=1S/C10H14O/c1-8(2)7-9-3-5-10(11)6-4-9/h3-6,8,11H,7H2,1-2H3/i/hT. The van der Waals surface area contributed by atoms with Crippen molar-refractivity contribution < 1.29 is 5.11 Å². The van der Waals surface area contributed by atoms with Gasteiger partial charge in [0.2, 0.25) is 0 Å². The van der Waals surface area contributed by atoms with E-state index < -0.39 is 0 Å². The third-order valence-corrected chi connectivity index (χ3v) is 1.57. The fourth-order valence-electron chi connectivity index (χ4n) is 1.10. The van der Waals surface area contributed by atoms with Crippen LogP contribution >= 0.6 is 0 Å². The molecule has 0 amide bonds. The zero-order valence-electron chi connectivity index (χ0n) is 8.00. The lowest BCUT2D eigenvalue weighted by Gasteiger charge is -2.03. The molecule has 0 spiro atoms. The van der Waals surface area contributed by atoms with E-state index in [9.17, 15) is 0 Å². The first-order valence-corrected chi connectivity index (χ1v) is 3.94. The van der Waals surface area contributed by atoms with Crippen molar-refractivity contribution in [3.05, 3.63) is 29.8 Å². The van der Waals surface area contributed by atoms with Crippen LogP contribution < -0.4 is 0 Å². The second-order valence-corrected chi connectivity index (χ2v) is 3.24. The summed E-state index contributed by atoms with van der Waals surface area (Å²) in [6.07, 6.45) is 1.08. The number of phenolic OH excluding ortho intramolecular Hbond substituents is 1. The minimum atomic E-state index is 0.600. The third-order valence-electron chi connectivity index (χ3n) is 1.57. The molecule has 0 saturated heterocycles. The molecule has 0 heterocycles. The lowest BCUT2D eigenvalue weighted by Crippen LogP contribution is -1.92. The Bertz CT molecular complexity index is 228. The summed E-state index contributed by atoms with van der Waals surface area (Å²) < 4.78 is 6.66. The van der Waals surface area contributed by atoms with E-state index in [0.717, 1.165) is 6.42 Å². The van der Waals surface area contributed by atoms with Crippen LogP contribution in [0.4, 0.5) is 0 Å². The SMILES string of the molecule is [3H]Oc1ccc(CC(C)C)cc1. The molecular weight excluding hydrogens is 136 g/mol. The Morgan fingerprint density at radius 3 is 2.45 bits per heavy atom. The number of phenols is 1. The monoisotopic (exact) mass is 152 g/mol. The summed E-state index contributed by atoms with van der Waals surface area (Å²) in [7, 11) is 0. The van der Waals surface area contributed by atoms with E-state index in [4.69, 9.17) is 1.43 Å². The van der Waals surface area contributed by atoms with Crippen LogP contribution in [0, 0.1) is 5.92 Å². The van der Waals surface area contributed by atoms with E-state index in [1.165, 1.54) is 5.56 Å². The van der Waals surface area contributed by atoms with Gasteiger partial charge < -0.3 is 5.11 Å². The van der Waals surface area contributed by atoms with Gasteiger partial charge in [0.05, 0.1) is 0 Å². The molecule has 0 fully saturated rings. The van der Waals surface area contributed by atoms with Gasteiger partial charge in [-0.1, -0.05) is 26.0 Å². The average Bonchev–Trinajstić information content (AvgIpc) is 2.05. The zero-order chi connectivity index (χ0) is 8.97. The number of aromatic hydroxyl groups is 1. The van der Waals surface area contributed by atoms with Crippen LogP contribution in [0.25, 0.3) is 0 Å². The van der Waals surface area contributed by atoms with E-state index in [1.807, 2.05) is 24.3 Å². The topological polar surface area (TPSA) is 20.2 Å².